The molecule has 0 atom stereocenters. The molecule has 0 aliphatic heterocycles. The zero-order chi connectivity index (χ0) is 32.8. The highest BCUT2D eigenvalue weighted by Gasteiger charge is 2.21. The lowest BCUT2D eigenvalue weighted by Crippen LogP contribution is -1.91. The molecule has 0 N–H and O–H groups in total. The Hall–Kier alpha value is -6.64. The van der Waals surface area contributed by atoms with Crippen LogP contribution in [0.15, 0.2) is 179 Å². The first kappa shape index (κ1) is 27.3. The summed E-state index contributed by atoms with van der Waals surface area (Å²) >= 11 is 0. The predicted octanol–water partition coefficient (Wildman–Crippen LogP) is 13.9. The van der Waals surface area contributed by atoms with Crippen molar-refractivity contribution >= 4 is 76.2 Å². The van der Waals surface area contributed by atoms with Crippen molar-refractivity contribution in [3.63, 3.8) is 0 Å². The number of benzene rings is 9. The zero-order valence-electron chi connectivity index (χ0n) is 27.0. The van der Waals surface area contributed by atoms with Gasteiger partial charge in [0.15, 0.2) is 0 Å². The number of rotatable bonds is 3. The molecule has 0 aliphatic carbocycles. The molecule has 232 valence electrons. The van der Waals surface area contributed by atoms with Crippen LogP contribution in [-0.2, 0) is 0 Å². The first-order valence-electron chi connectivity index (χ1n) is 17.1. The molecule has 0 spiro atoms. The van der Waals surface area contributed by atoms with E-state index in [2.05, 4.69) is 158 Å². The van der Waals surface area contributed by atoms with Crippen molar-refractivity contribution in [1.82, 2.24) is 0 Å². The fourth-order valence-electron chi connectivity index (χ4n) is 8.26. The van der Waals surface area contributed by atoms with E-state index < -0.39 is 0 Å². The minimum absolute atomic E-state index is 0.906. The van der Waals surface area contributed by atoms with Gasteiger partial charge in [-0.3, -0.25) is 0 Å². The van der Waals surface area contributed by atoms with Gasteiger partial charge in [0, 0.05) is 21.5 Å². The molecule has 0 radical (unpaired) electrons. The van der Waals surface area contributed by atoms with Crippen LogP contribution in [0.3, 0.4) is 0 Å². The predicted molar refractivity (Wildman–Crippen MR) is 210 cm³/mol. The second-order valence-corrected chi connectivity index (χ2v) is 13.2. The monoisotopic (exact) mass is 636 g/mol. The van der Waals surface area contributed by atoms with Crippen LogP contribution in [-0.4, -0.2) is 0 Å². The third kappa shape index (κ3) is 3.90. The molecule has 0 aliphatic rings. The van der Waals surface area contributed by atoms with Crippen molar-refractivity contribution in [3.05, 3.63) is 170 Å². The van der Waals surface area contributed by atoms with E-state index in [0.29, 0.717) is 0 Å². The summed E-state index contributed by atoms with van der Waals surface area (Å²) in [6.07, 6.45) is 0. The van der Waals surface area contributed by atoms with Crippen LogP contribution in [0, 0.1) is 0 Å². The molecule has 50 heavy (non-hydrogen) atoms. The molecule has 0 bridgehead atoms. The second-order valence-electron chi connectivity index (χ2n) is 13.2. The lowest BCUT2D eigenvalue weighted by atomic mass is 9.84. The Kier molecular flexibility index (Phi) is 5.70. The highest BCUT2D eigenvalue weighted by atomic mass is 16.3. The third-order valence-electron chi connectivity index (χ3n) is 10.5. The first-order chi connectivity index (χ1) is 24.8. The zero-order valence-corrected chi connectivity index (χ0v) is 27.0. The maximum atomic E-state index is 6.52. The number of fused-ring (bicyclic) bond motifs is 10. The highest BCUT2D eigenvalue weighted by Crippen LogP contribution is 2.48. The van der Waals surface area contributed by atoms with Crippen LogP contribution >= 0.6 is 0 Å². The molecule has 2 heterocycles. The third-order valence-corrected chi connectivity index (χ3v) is 10.5. The second kappa shape index (κ2) is 10.4. The van der Waals surface area contributed by atoms with Crippen molar-refractivity contribution in [3.8, 4) is 33.4 Å². The van der Waals surface area contributed by atoms with Gasteiger partial charge in [-0.1, -0.05) is 140 Å². The largest absolute Gasteiger partial charge is 0.456 e. The van der Waals surface area contributed by atoms with Gasteiger partial charge in [-0.15, -0.1) is 0 Å². The Labute approximate surface area is 287 Å². The Morgan fingerprint density at radius 1 is 0.280 bits per heavy atom. The number of furan rings is 2. The van der Waals surface area contributed by atoms with Gasteiger partial charge in [-0.2, -0.15) is 0 Å². The van der Waals surface area contributed by atoms with Gasteiger partial charge in [0.2, 0.25) is 0 Å². The van der Waals surface area contributed by atoms with Crippen molar-refractivity contribution in [2.45, 2.75) is 0 Å². The van der Waals surface area contributed by atoms with Crippen molar-refractivity contribution in [2.75, 3.05) is 0 Å². The van der Waals surface area contributed by atoms with E-state index in [9.17, 15) is 0 Å². The summed E-state index contributed by atoms with van der Waals surface area (Å²) < 4.78 is 12.6. The highest BCUT2D eigenvalue weighted by molar-refractivity contribution is 6.28. The minimum atomic E-state index is 0.906. The molecule has 0 saturated carbocycles. The van der Waals surface area contributed by atoms with E-state index in [0.717, 1.165) is 38.5 Å². The quantitative estimate of drug-likeness (QED) is 0.180. The van der Waals surface area contributed by atoms with Crippen LogP contribution in [0.5, 0.6) is 0 Å². The molecule has 11 rings (SSSR count). The van der Waals surface area contributed by atoms with Gasteiger partial charge in [-0.05, 0) is 96.0 Å². The summed E-state index contributed by atoms with van der Waals surface area (Å²) in [6, 6.07) is 60.9. The molecular weight excluding hydrogens is 609 g/mol. The smallest absolute Gasteiger partial charge is 0.136 e. The van der Waals surface area contributed by atoms with E-state index in [1.807, 2.05) is 12.1 Å². The van der Waals surface area contributed by atoms with Gasteiger partial charge in [0.25, 0.3) is 0 Å². The van der Waals surface area contributed by atoms with Crippen LogP contribution in [0.4, 0.5) is 0 Å². The Morgan fingerprint density at radius 3 is 1.56 bits per heavy atom. The summed E-state index contributed by atoms with van der Waals surface area (Å²) in [4.78, 5) is 0. The minimum Gasteiger partial charge on any atom is -0.456 e. The number of hydrogen-bond acceptors (Lipinski definition) is 2. The maximum Gasteiger partial charge on any atom is 0.136 e. The summed E-state index contributed by atoms with van der Waals surface area (Å²) in [5, 5.41) is 12.0. The van der Waals surface area contributed by atoms with Gasteiger partial charge in [0.1, 0.15) is 22.3 Å². The number of hydrogen-bond donors (Lipinski definition) is 0. The molecule has 2 aromatic heterocycles. The van der Waals surface area contributed by atoms with E-state index in [4.69, 9.17) is 8.83 Å². The lowest BCUT2D eigenvalue weighted by Gasteiger charge is -2.18. The molecule has 0 saturated heterocycles. The van der Waals surface area contributed by atoms with Crippen molar-refractivity contribution < 1.29 is 8.83 Å². The fourth-order valence-corrected chi connectivity index (χ4v) is 8.26. The summed E-state index contributed by atoms with van der Waals surface area (Å²) in [5.74, 6) is 0. The normalized spacial score (nSPS) is 12.0. The van der Waals surface area contributed by atoms with Gasteiger partial charge in [-0.25, -0.2) is 0 Å². The molecule has 0 unspecified atom stereocenters. The maximum absolute atomic E-state index is 6.52. The topological polar surface area (TPSA) is 26.3 Å². The van der Waals surface area contributed by atoms with Crippen LogP contribution in [0.1, 0.15) is 0 Å². The van der Waals surface area contributed by atoms with E-state index >= 15 is 0 Å². The average molecular weight is 637 g/mol. The summed E-state index contributed by atoms with van der Waals surface area (Å²) in [5.41, 5.74) is 10.9. The van der Waals surface area contributed by atoms with Crippen molar-refractivity contribution in [2.24, 2.45) is 0 Å². The van der Waals surface area contributed by atoms with Crippen molar-refractivity contribution in [1.29, 1.82) is 0 Å². The molecule has 2 nitrogen and oxygen atoms in total. The van der Waals surface area contributed by atoms with Gasteiger partial charge >= 0.3 is 0 Å². The molecular formula is C48H28O2. The standard InChI is InChI=1S/C48H28O2/c1-2-11-33-30(10-1)24-27-44-47(33)48-39(17-9-19-43(48)50-44)46-37-15-5-3-13-35(37)45(36-14-4-6-16-38(36)46)31-22-20-29(21-23-31)32-25-26-42-40(28-32)34-12-7-8-18-41(34)49-42/h1-28H. The van der Waals surface area contributed by atoms with Gasteiger partial charge in [0.05, 0.1) is 0 Å². The van der Waals surface area contributed by atoms with E-state index in [1.165, 1.54) is 71.1 Å². The van der Waals surface area contributed by atoms with Crippen LogP contribution in [0.25, 0.3) is 110 Å². The van der Waals surface area contributed by atoms with E-state index in [1.54, 1.807) is 0 Å². The van der Waals surface area contributed by atoms with Crippen LogP contribution in [0.2, 0.25) is 0 Å². The summed E-state index contributed by atoms with van der Waals surface area (Å²) in [7, 11) is 0. The molecule has 2 heteroatoms. The van der Waals surface area contributed by atoms with Gasteiger partial charge < -0.3 is 8.83 Å². The van der Waals surface area contributed by atoms with Crippen LogP contribution < -0.4 is 0 Å². The molecule has 9 aromatic carbocycles. The molecule has 11 aromatic rings. The average Bonchev–Trinajstić information content (AvgIpc) is 3.76. The SMILES string of the molecule is c1ccc2c(c1)ccc1oc3cccc(-c4c5ccccc5c(-c5ccc(-c6ccc7oc8ccccc8c7c6)cc5)c5ccccc45)c3c12. The molecule has 0 fully saturated rings. The Balaban J connectivity index is 1.14. The Bertz CT molecular complexity index is 3080. The Morgan fingerprint density at radius 2 is 0.800 bits per heavy atom. The fraction of sp³-hybridized carbons (Fsp3) is 0. The lowest BCUT2D eigenvalue weighted by molar-refractivity contribution is 0.668. The first-order valence-corrected chi connectivity index (χ1v) is 17.1. The van der Waals surface area contributed by atoms with E-state index in [-0.39, 0.29) is 0 Å². The summed E-state index contributed by atoms with van der Waals surface area (Å²) in [6.45, 7) is 0. The molecule has 0 amide bonds. The number of para-hydroxylation sites is 1.